The molecule has 0 radical (unpaired) electrons. The van der Waals surface area contributed by atoms with Crippen molar-refractivity contribution >= 4 is 52.2 Å². The van der Waals surface area contributed by atoms with Gasteiger partial charge in [0.05, 0.1) is 18.1 Å². The zero-order valence-corrected chi connectivity index (χ0v) is 23.3. The minimum Gasteiger partial charge on any atom is -0.490 e. The zero-order chi connectivity index (χ0) is 28.2. The Morgan fingerprint density at radius 1 is 1.07 bits per heavy atom. The Morgan fingerprint density at radius 3 is 2.62 bits per heavy atom. The molecule has 11 heteroatoms. The summed E-state index contributed by atoms with van der Waals surface area (Å²) >= 11 is 7.19. The lowest BCUT2D eigenvalue weighted by Gasteiger charge is -2.14. The third-order valence-electron chi connectivity index (χ3n) is 6.09. The predicted molar refractivity (Wildman–Crippen MR) is 152 cm³/mol. The summed E-state index contributed by atoms with van der Waals surface area (Å²) in [6.07, 6.45) is 1.61. The molecule has 0 unspecified atom stereocenters. The molecule has 1 N–H and O–H groups in total. The standard InChI is InChI=1S/C29H25ClN2O7S/c1-3-36-23-10-18(8-9-22(23)37-15-27(33)31-21-7-5-4-6-17(21)2)11-26-28(34)32(29(35)40-26)14-19-12-24-25(13-20(19)30)39-16-38-24/h4-13H,3,14-16H2,1-2H3,(H,31,33). The molecular weight excluding hydrogens is 556 g/mol. The maximum Gasteiger partial charge on any atom is 0.293 e. The Balaban J connectivity index is 1.27. The summed E-state index contributed by atoms with van der Waals surface area (Å²) in [5.74, 6) is 1.08. The molecule has 1 fully saturated rings. The van der Waals surface area contributed by atoms with Crippen molar-refractivity contribution in [2.75, 3.05) is 25.3 Å². The number of imide groups is 1. The number of carbonyl (C=O) groups is 3. The van der Waals surface area contributed by atoms with Gasteiger partial charge >= 0.3 is 0 Å². The van der Waals surface area contributed by atoms with Crippen LogP contribution in [0, 0.1) is 6.92 Å². The molecule has 3 aromatic carbocycles. The van der Waals surface area contributed by atoms with Gasteiger partial charge in [-0.2, -0.15) is 0 Å². The average Bonchev–Trinajstić information content (AvgIpc) is 3.48. The van der Waals surface area contributed by atoms with E-state index in [0.717, 1.165) is 22.2 Å². The number of halogens is 1. The van der Waals surface area contributed by atoms with Crippen LogP contribution < -0.4 is 24.3 Å². The van der Waals surface area contributed by atoms with Crippen molar-refractivity contribution < 1.29 is 33.3 Å². The number of amides is 3. The topological polar surface area (TPSA) is 103 Å². The largest absolute Gasteiger partial charge is 0.490 e. The first-order valence-electron chi connectivity index (χ1n) is 12.4. The quantitative estimate of drug-likeness (QED) is 0.306. The lowest BCUT2D eigenvalue weighted by molar-refractivity contribution is -0.123. The first kappa shape index (κ1) is 27.4. The Kier molecular flexibility index (Phi) is 8.18. The van der Waals surface area contributed by atoms with Gasteiger partial charge in [-0.05, 0) is 72.6 Å². The average molecular weight is 581 g/mol. The number of hydrogen-bond acceptors (Lipinski definition) is 8. The van der Waals surface area contributed by atoms with Gasteiger partial charge in [-0.1, -0.05) is 35.9 Å². The minimum atomic E-state index is -0.435. The fourth-order valence-electron chi connectivity index (χ4n) is 4.08. The van der Waals surface area contributed by atoms with Gasteiger partial charge < -0.3 is 24.3 Å². The van der Waals surface area contributed by atoms with Crippen LogP contribution >= 0.6 is 23.4 Å². The monoisotopic (exact) mass is 580 g/mol. The highest BCUT2D eigenvalue weighted by Crippen LogP contribution is 2.40. The van der Waals surface area contributed by atoms with E-state index in [0.29, 0.717) is 51.4 Å². The van der Waals surface area contributed by atoms with E-state index in [4.69, 9.17) is 30.5 Å². The number of fused-ring (bicyclic) bond motifs is 1. The first-order valence-corrected chi connectivity index (χ1v) is 13.6. The molecule has 2 heterocycles. The summed E-state index contributed by atoms with van der Waals surface area (Å²) in [6, 6.07) is 15.8. The highest BCUT2D eigenvalue weighted by molar-refractivity contribution is 8.18. The fourth-order valence-corrected chi connectivity index (χ4v) is 5.13. The second kappa shape index (κ2) is 11.9. The number of ether oxygens (including phenoxy) is 4. The van der Waals surface area contributed by atoms with E-state index in [9.17, 15) is 14.4 Å². The number of thioether (sulfide) groups is 1. The van der Waals surface area contributed by atoms with E-state index in [1.54, 1.807) is 36.4 Å². The molecule has 5 rings (SSSR count). The third kappa shape index (κ3) is 6.03. The summed E-state index contributed by atoms with van der Waals surface area (Å²) in [6.45, 7) is 3.97. The molecule has 0 saturated carbocycles. The van der Waals surface area contributed by atoms with E-state index in [1.807, 2.05) is 38.1 Å². The van der Waals surface area contributed by atoms with Gasteiger partial charge in [0.15, 0.2) is 29.6 Å². The van der Waals surface area contributed by atoms with E-state index in [2.05, 4.69) is 5.32 Å². The molecule has 0 aliphatic carbocycles. The Labute approximate surface area is 240 Å². The number of anilines is 1. The van der Waals surface area contributed by atoms with E-state index >= 15 is 0 Å². The fraction of sp³-hybridized carbons (Fsp3) is 0.207. The van der Waals surface area contributed by atoms with Crippen LogP contribution in [0.3, 0.4) is 0 Å². The second-order valence-electron chi connectivity index (χ2n) is 8.86. The van der Waals surface area contributed by atoms with Gasteiger partial charge in [0, 0.05) is 16.8 Å². The second-order valence-corrected chi connectivity index (χ2v) is 10.3. The summed E-state index contributed by atoms with van der Waals surface area (Å²) in [5, 5.41) is 2.79. The van der Waals surface area contributed by atoms with Crippen molar-refractivity contribution in [2.24, 2.45) is 0 Å². The summed E-state index contributed by atoms with van der Waals surface area (Å²) in [5.41, 5.74) is 2.86. The van der Waals surface area contributed by atoms with Crippen LogP contribution in [0.25, 0.3) is 6.08 Å². The number of rotatable bonds is 9. The van der Waals surface area contributed by atoms with Crippen molar-refractivity contribution in [1.82, 2.24) is 4.90 Å². The molecule has 9 nitrogen and oxygen atoms in total. The zero-order valence-electron chi connectivity index (χ0n) is 21.7. The summed E-state index contributed by atoms with van der Waals surface area (Å²) in [7, 11) is 0. The first-order chi connectivity index (χ1) is 19.3. The van der Waals surface area contributed by atoms with Gasteiger partial charge in [0.25, 0.3) is 17.1 Å². The van der Waals surface area contributed by atoms with Gasteiger partial charge in [-0.15, -0.1) is 0 Å². The van der Waals surface area contributed by atoms with Gasteiger partial charge in [0.2, 0.25) is 6.79 Å². The van der Waals surface area contributed by atoms with Gasteiger partial charge in [-0.25, -0.2) is 0 Å². The normalized spacial score (nSPS) is 15.1. The summed E-state index contributed by atoms with van der Waals surface area (Å²) < 4.78 is 22.1. The van der Waals surface area contributed by atoms with E-state index < -0.39 is 11.1 Å². The highest BCUT2D eigenvalue weighted by Gasteiger charge is 2.36. The molecule has 0 atom stereocenters. The number of aryl methyl sites for hydroxylation is 1. The van der Waals surface area contributed by atoms with Crippen LogP contribution in [0.5, 0.6) is 23.0 Å². The molecule has 40 heavy (non-hydrogen) atoms. The Hall–Kier alpha value is -4.15. The van der Waals surface area contributed by atoms with Crippen molar-refractivity contribution in [1.29, 1.82) is 0 Å². The van der Waals surface area contributed by atoms with Gasteiger partial charge in [0.1, 0.15) is 0 Å². The lowest BCUT2D eigenvalue weighted by Crippen LogP contribution is -2.27. The number of para-hydroxylation sites is 1. The third-order valence-corrected chi connectivity index (χ3v) is 7.35. The predicted octanol–water partition coefficient (Wildman–Crippen LogP) is 6.03. The van der Waals surface area contributed by atoms with Crippen LogP contribution in [0.1, 0.15) is 23.6 Å². The maximum absolute atomic E-state index is 13.1. The number of nitrogens with one attached hydrogen (secondary N) is 1. The number of benzene rings is 3. The SMILES string of the molecule is CCOc1cc(C=C2SC(=O)N(Cc3cc4c(cc3Cl)OCO4)C2=O)ccc1OCC(=O)Nc1ccccc1C. The van der Waals surface area contributed by atoms with Gasteiger partial charge in [-0.3, -0.25) is 19.3 Å². The van der Waals surface area contributed by atoms with Crippen molar-refractivity contribution in [3.8, 4) is 23.0 Å². The van der Waals surface area contributed by atoms with E-state index in [-0.39, 0.29) is 30.8 Å². The Morgan fingerprint density at radius 2 is 1.85 bits per heavy atom. The minimum absolute atomic E-state index is 0.000969. The molecule has 2 aliphatic rings. The molecule has 3 aromatic rings. The number of carbonyl (C=O) groups excluding carboxylic acids is 3. The Bertz CT molecular complexity index is 1520. The molecule has 0 aromatic heterocycles. The van der Waals surface area contributed by atoms with Crippen LogP contribution in [0.2, 0.25) is 5.02 Å². The van der Waals surface area contributed by atoms with Crippen molar-refractivity contribution in [3.63, 3.8) is 0 Å². The molecular formula is C29H25ClN2O7S. The molecule has 1 saturated heterocycles. The van der Waals surface area contributed by atoms with Crippen LogP contribution in [-0.4, -0.2) is 42.0 Å². The number of hydrogen-bond donors (Lipinski definition) is 1. The van der Waals surface area contributed by atoms with Crippen molar-refractivity contribution in [2.45, 2.75) is 20.4 Å². The smallest absolute Gasteiger partial charge is 0.293 e. The van der Waals surface area contributed by atoms with Crippen molar-refractivity contribution in [3.05, 3.63) is 81.2 Å². The highest BCUT2D eigenvalue weighted by atomic mass is 35.5. The van der Waals surface area contributed by atoms with Crippen LogP contribution in [-0.2, 0) is 16.1 Å². The molecule has 0 bridgehead atoms. The number of nitrogens with zero attached hydrogens (tertiary/aromatic N) is 1. The molecule has 0 spiro atoms. The lowest BCUT2D eigenvalue weighted by atomic mass is 10.1. The van der Waals surface area contributed by atoms with E-state index in [1.165, 1.54) is 0 Å². The molecule has 3 amide bonds. The maximum atomic E-state index is 13.1. The van der Waals surface area contributed by atoms with Crippen LogP contribution in [0.4, 0.5) is 10.5 Å². The van der Waals surface area contributed by atoms with Crippen LogP contribution in [0.15, 0.2) is 59.5 Å². The molecule has 2 aliphatic heterocycles. The summed E-state index contributed by atoms with van der Waals surface area (Å²) in [4.78, 5) is 39.6. The molecule has 206 valence electrons.